The predicted octanol–water partition coefficient (Wildman–Crippen LogP) is 5.83. The Kier molecular flexibility index (Phi) is 10.1. The molecule has 2 aromatic heterocycles. The molecular formula is C37H34BrF3N6O5. The van der Waals surface area contributed by atoms with Crippen molar-refractivity contribution in [3.8, 4) is 22.7 Å². The van der Waals surface area contributed by atoms with Gasteiger partial charge in [-0.05, 0) is 86.5 Å². The van der Waals surface area contributed by atoms with E-state index in [0.717, 1.165) is 21.2 Å². The van der Waals surface area contributed by atoms with Gasteiger partial charge in [0.05, 0.1) is 23.6 Å². The Balaban J connectivity index is 1.37. The number of aliphatic hydroxyl groups is 1. The summed E-state index contributed by atoms with van der Waals surface area (Å²) in [5.41, 5.74) is 0.344. The predicted molar refractivity (Wildman–Crippen MR) is 189 cm³/mol. The molecule has 0 aliphatic carbocycles. The van der Waals surface area contributed by atoms with Gasteiger partial charge in [-0.1, -0.05) is 40.2 Å². The quantitative estimate of drug-likeness (QED) is 0.193. The number of halogens is 4. The molecule has 6 rings (SSSR count). The van der Waals surface area contributed by atoms with Crippen molar-refractivity contribution in [2.45, 2.75) is 58.2 Å². The lowest BCUT2D eigenvalue weighted by molar-refractivity contribution is -0.260. The number of benzene rings is 3. The summed E-state index contributed by atoms with van der Waals surface area (Å²) in [5.74, 6) is -0.857. The summed E-state index contributed by atoms with van der Waals surface area (Å²) in [7, 11) is 0. The van der Waals surface area contributed by atoms with Crippen LogP contribution in [0.3, 0.4) is 0 Å². The van der Waals surface area contributed by atoms with Gasteiger partial charge in [0, 0.05) is 40.9 Å². The highest BCUT2D eigenvalue weighted by molar-refractivity contribution is 9.10. The van der Waals surface area contributed by atoms with Crippen LogP contribution in [-0.2, 0) is 19.6 Å². The van der Waals surface area contributed by atoms with Crippen LogP contribution in [0.5, 0.6) is 5.75 Å². The van der Waals surface area contributed by atoms with E-state index >= 15 is 0 Å². The first-order valence-corrected chi connectivity index (χ1v) is 17.0. The number of hydrogen-bond donors (Lipinski definition) is 2. The summed E-state index contributed by atoms with van der Waals surface area (Å²) in [6.45, 7) is 3.36. The molecule has 2 unspecified atom stereocenters. The van der Waals surface area contributed by atoms with E-state index in [4.69, 9.17) is 4.74 Å². The Bertz CT molecular complexity index is 2190. The van der Waals surface area contributed by atoms with Crippen molar-refractivity contribution >= 4 is 27.7 Å². The summed E-state index contributed by atoms with van der Waals surface area (Å²) >= 11 is 3.46. The minimum Gasteiger partial charge on any atom is -0.490 e. The number of nitrogens with zero attached hydrogens (tertiary/aromatic N) is 5. The number of aromatic nitrogens is 4. The number of rotatable bonds is 9. The standard InChI is InChI=1S/C37H34BrF3N6O5/c1-22-17-24(10-15-29(22)38)34(49)45-20-31-32(33(48)42-18-25-7-4-5-8-28(25)30-9-6-16-43-44-30)47(35(50)46(31)19-23(45)2)26-11-13-27(14-12-26)52-21-36(3,51)37(39,40)41/h4-17,23,51H,18-21H2,1-3H3,(H,42,48). The van der Waals surface area contributed by atoms with Crippen LogP contribution >= 0.6 is 15.9 Å². The van der Waals surface area contributed by atoms with Crippen molar-refractivity contribution in [3.05, 3.63) is 128 Å². The number of aryl methyl sites for hydroxylation is 1. The Hall–Kier alpha value is -5.28. The number of imidazole rings is 1. The summed E-state index contributed by atoms with van der Waals surface area (Å²) in [5, 5.41) is 20.9. The maximum absolute atomic E-state index is 14.2. The zero-order valence-electron chi connectivity index (χ0n) is 28.3. The average Bonchev–Trinajstić information content (AvgIpc) is 3.41. The smallest absolute Gasteiger partial charge is 0.420 e. The first-order valence-electron chi connectivity index (χ1n) is 16.2. The van der Waals surface area contributed by atoms with Crippen molar-refractivity contribution < 1.29 is 32.6 Å². The van der Waals surface area contributed by atoms with Crippen LogP contribution < -0.4 is 15.7 Å². The van der Waals surface area contributed by atoms with Gasteiger partial charge in [-0.15, -0.1) is 0 Å². The number of alkyl halides is 3. The molecule has 52 heavy (non-hydrogen) atoms. The van der Waals surface area contributed by atoms with E-state index in [1.54, 1.807) is 41.4 Å². The molecule has 3 aromatic carbocycles. The van der Waals surface area contributed by atoms with E-state index in [0.29, 0.717) is 23.9 Å². The molecule has 1 aliphatic rings. The largest absolute Gasteiger partial charge is 0.490 e. The third-order valence-corrected chi connectivity index (χ3v) is 9.85. The normalized spacial score (nSPS) is 15.5. The van der Waals surface area contributed by atoms with E-state index in [2.05, 4.69) is 31.4 Å². The van der Waals surface area contributed by atoms with Crippen LogP contribution in [0.1, 0.15) is 51.5 Å². The molecule has 0 spiro atoms. The first kappa shape index (κ1) is 36.5. The lowest BCUT2D eigenvalue weighted by Gasteiger charge is -2.34. The minimum absolute atomic E-state index is 0.00658. The van der Waals surface area contributed by atoms with Crippen LogP contribution in [0.4, 0.5) is 13.2 Å². The summed E-state index contributed by atoms with van der Waals surface area (Å²) < 4.78 is 48.3. The van der Waals surface area contributed by atoms with E-state index in [9.17, 15) is 32.7 Å². The van der Waals surface area contributed by atoms with Gasteiger partial charge in [0.1, 0.15) is 18.1 Å². The van der Waals surface area contributed by atoms with Gasteiger partial charge in [0.2, 0.25) is 0 Å². The molecule has 0 saturated carbocycles. The van der Waals surface area contributed by atoms with Crippen molar-refractivity contribution in [2.24, 2.45) is 0 Å². The molecule has 3 heterocycles. The van der Waals surface area contributed by atoms with Gasteiger partial charge in [-0.2, -0.15) is 23.4 Å². The topological polar surface area (TPSA) is 132 Å². The van der Waals surface area contributed by atoms with Gasteiger partial charge in [-0.25, -0.2) is 4.79 Å². The highest BCUT2D eigenvalue weighted by Gasteiger charge is 2.50. The highest BCUT2D eigenvalue weighted by atomic mass is 79.9. The number of amides is 2. The lowest BCUT2D eigenvalue weighted by atomic mass is 10.0. The zero-order valence-corrected chi connectivity index (χ0v) is 29.9. The first-order chi connectivity index (χ1) is 24.7. The third kappa shape index (κ3) is 7.23. The molecule has 270 valence electrons. The van der Waals surface area contributed by atoms with Crippen LogP contribution in [0.25, 0.3) is 16.9 Å². The van der Waals surface area contributed by atoms with Crippen molar-refractivity contribution in [1.82, 2.24) is 29.5 Å². The minimum atomic E-state index is -4.91. The number of fused-ring (bicyclic) bond motifs is 1. The second-order valence-corrected chi connectivity index (χ2v) is 13.6. The second kappa shape index (κ2) is 14.4. The van der Waals surface area contributed by atoms with Gasteiger partial charge in [0.15, 0.2) is 5.60 Å². The molecule has 0 saturated heterocycles. The molecule has 0 bridgehead atoms. The third-order valence-electron chi connectivity index (χ3n) is 8.96. The fourth-order valence-electron chi connectivity index (χ4n) is 5.93. The molecule has 2 atom stereocenters. The molecule has 5 aromatic rings. The second-order valence-electron chi connectivity index (χ2n) is 12.8. The Labute approximate surface area is 304 Å². The number of hydrogen-bond acceptors (Lipinski definition) is 7. The van der Waals surface area contributed by atoms with E-state index in [-0.39, 0.29) is 42.7 Å². The Morgan fingerprint density at radius 3 is 2.46 bits per heavy atom. The molecule has 11 nitrogen and oxygen atoms in total. The van der Waals surface area contributed by atoms with Gasteiger partial charge in [-0.3, -0.25) is 18.7 Å². The lowest BCUT2D eigenvalue weighted by Crippen LogP contribution is -2.47. The fourth-order valence-corrected chi connectivity index (χ4v) is 6.18. The maximum atomic E-state index is 14.2. The molecular weight excluding hydrogens is 745 g/mol. The van der Waals surface area contributed by atoms with E-state index < -0.39 is 36.0 Å². The number of carbonyl (C=O) groups is 2. The van der Waals surface area contributed by atoms with Gasteiger partial charge < -0.3 is 20.1 Å². The highest BCUT2D eigenvalue weighted by Crippen LogP contribution is 2.31. The monoisotopic (exact) mass is 778 g/mol. The van der Waals surface area contributed by atoms with E-state index in [1.807, 2.05) is 38.1 Å². The van der Waals surface area contributed by atoms with Crippen LogP contribution in [-0.4, -0.2) is 65.6 Å². The number of ether oxygens (including phenoxy) is 1. The van der Waals surface area contributed by atoms with Crippen molar-refractivity contribution in [2.75, 3.05) is 6.61 Å². The molecule has 1 aliphatic heterocycles. The number of nitrogens with one attached hydrogen (secondary N) is 1. The maximum Gasteiger partial charge on any atom is 0.420 e. The van der Waals surface area contributed by atoms with Crippen molar-refractivity contribution in [1.29, 1.82) is 0 Å². The zero-order chi connectivity index (χ0) is 37.4. The Morgan fingerprint density at radius 2 is 1.79 bits per heavy atom. The van der Waals surface area contributed by atoms with Gasteiger partial charge in [0.25, 0.3) is 11.8 Å². The molecule has 2 amide bonds. The molecule has 15 heteroatoms. The van der Waals surface area contributed by atoms with Crippen LogP contribution in [0, 0.1) is 6.92 Å². The van der Waals surface area contributed by atoms with E-state index in [1.165, 1.54) is 33.4 Å². The molecule has 2 N–H and O–H groups in total. The SMILES string of the molecule is Cc1cc(C(=O)N2Cc3c(C(=O)NCc4ccccc4-c4cccnn4)n(-c4ccc(OCC(C)(O)C(F)(F)F)cc4)c(=O)n3CC2C)ccc1Br. The Morgan fingerprint density at radius 1 is 1.06 bits per heavy atom. The molecule has 0 radical (unpaired) electrons. The van der Waals surface area contributed by atoms with Crippen LogP contribution in [0.15, 0.2) is 94.3 Å². The van der Waals surface area contributed by atoms with Crippen LogP contribution in [0.2, 0.25) is 0 Å². The fraction of sp³-hybridized carbons (Fsp3) is 0.270. The average molecular weight is 780 g/mol. The molecule has 0 fully saturated rings. The number of carbonyl (C=O) groups excluding carboxylic acids is 2. The summed E-state index contributed by atoms with van der Waals surface area (Å²) in [6.07, 6.45) is -3.35. The summed E-state index contributed by atoms with van der Waals surface area (Å²) in [4.78, 5) is 43.8. The summed E-state index contributed by atoms with van der Waals surface area (Å²) in [6, 6.07) is 21.3. The van der Waals surface area contributed by atoms with Crippen molar-refractivity contribution in [3.63, 3.8) is 0 Å². The van der Waals surface area contributed by atoms with Gasteiger partial charge >= 0.3 is 11.9 Å².